The van der Waals surface area contributed by atoms with Crippen molar-refractivity contribution in [3.8, 4) is 0 Å². The van der Waals surface area contributed by atoms with Crippen LogP contribution in [0, 0.1) is 12.8 Å². The first kappa shape index (κ1) is 18.0. The van der Waals surface area contributed by atoms with Crippen LogP contribution in [0.4, 0.5) is 0 Å². The summed E-state index contributed by atoms with van der Waals surface area (Å²) in [7, 11) is 0. The molecule has 140 valence electrons. The molecule has 1 aromatic heterocycles. The fourth-order valence-electron chi connectivity index (χ4n) is 5.08. The molecule has 3 atom stereocenters. The van der Waals surface area contributed by atoms with Crippen molar-refractivity contribution in [2.75, 3.05) is 13.1 Å². The monoisotopic (exact) mass is 369 g/mol. The molecule has 0 spiro atoms. The van der Waals surface area contributed by atoms with Gasteiger partial charge in [0.25, 0.3) is 0 Å². The molecule has 0 bridgehead atoms. The first-order valence-corrected chi connectivity index (χ1v) is 10.5. The van der Waals surface area contributed by atoms with Gasteiger partial charge in [0, 0.05) is 47.1 Å². The van der Waals surface area contributed by atoms with Crippen LogP contribution < -0.4 is 5.32 Å². The number of rotatable bonds is 4. The predicted octanol–water partition coefficient (Wildman–Crippen LogP) is 4.54. The fraction of sp³-hybridized carbons (Fsp3) is 0.591. The molecule has 0 radical (unpaired) electrons. The number of thiocarbonyl (C=S) groups is 1. The average molecular weight is 370 g/mol. The Morgan fingerprint density at radius 2 is 2.19 bits per heavy atom. The second-order valence-corrected chi connectivity index (χ2v) is 8.91. The van der Waals surface area contributed by atoms with Crippen LogP contribution in [-0.4, -0.2) is 40.0 Å². The van der Waals surface area contributed by atoms with E-state index in [0.717, 1.165) is 11.5 Å². The van der Waals surface area contributed by atoms with Crippen molar-refractivity contribution in [3.05, 3.63) is 35.0 Å². The number of aromatic amines is 1. The molecule has 2 aromatic rings. The largest absolute Gasteiger partial charge is 0.375 e. The standard InChI is InChI=1S/C22H31N3S/c1-5-9-25-12-15(24-22(26)13(2)3)10-18-16-7-6-8-19-21(16)17(11-20(18)25)14(4)23-19/h6-8,13,15,18,20,23H,5,9-12H2,1-4H3,(H,24,26)/t15-,18?,20+/m0/s1. The number of nitrogens with zero attached hydrogens (tertiary/aromatic N) is 1. The van der Waals surface area contributed by atoms with Crippen LogP contribution in [0.3, 0.4) is 0 Å². The number of fused-ring (bicyclic) bond motifs is 2. The van der Waals surface area contributed by atoms with E-state index >= 15 is 0 Å². The third-order valence-electron chi connectivity index (χ3n) is 6.29. The van der Waals surface area contributed by atoms with E-state index in [-0.39, 0.29) is 0 Å². The third kappa shape index (κ3) is 2.97. The lowest BCUT2D eigenvalue weighted by Gasteiger charge is -2.47. The van der Waals surface area contributed by atoms with Crippen molar-refractivity contribution >= 4 is 28.1 Å². The SMILES string of the molecule is CCCN1C[C@@H](NC(=S)C(C)C)CC2c3cccc4[nH]c(C)c(c34)C[C@H]21. The Morgan fingerprint density at radius 3 is 2.92 bits per heavy atom. The van der Waals surface area contributed by atoms with E-state index in [0.29, 0.717) is 23.9 Å². The summed E-state index contributed by atoms with van der Waals surface area (Å²) in [4.78, 5) is 7.36. The van der Waals surface area contributed by atoms with E-state index in [1.807, 2.05) is 0 Å². The van der Waals surface area contributed by atoms with Gasteiger partial charge in [-0.3, -0.25) is 4.90 Å². The molecular formula is C22H31N3S. The minimum absolute atomic E-state index is 0.413. The molecule has 4 rings (SSSR count). The first-order valence-electron chi connectivity index (χ1n) is 10.1. The van der Waals surface area contributed by atoms with Crippen LogP contribution in [-0.2, 0) is 6.42 Å². The van der Waals surface area contributed by atoms with Crippen molar-refractivity contribution in [2.45, 2.75) is 65.0 Å². The molecular weight excluding hydrogens is 338 g/mol. The van der Waals surface area contributed by atoms with E-state index in [4.69, 9.17) is 12.2 Å². The maximum Gasteiger partial charge on any atom is 0.0781 e. The Kier molecular flexibility index (Phi) is 4.83. The van der Waals surface area contributed by atoms with Crippen molar-refractivity contribution in [1.29, 1.82) is 0 Å². The number of hydrogen-bond acceptors (Lipinski definition) is 2. The van der Waals surface area contributed by atoms with Crippen molar-refractivity contribution in [3.63, 3.8) is 0 Å². The highest BCUT2D eigenvalue weighted by Crippen LogP contribution is 2.44. The number of nitrogens with one attached hydrogen (secondary N) is 2. The Labute approximate surface area is 162 Å². The zero-order valence-corrected chi connectivity index (χ0v) is 17.2. The quantitative estimate of drug-likeness (QED) is 0.776. The molecule has 1 aliphatic carbocycles. The molecule has 1 aromatic carbocycles. The van der Waals surface area contributed by atoms with Crippen LogP contribution in [0.1, 0.15) is 56.4 Å². The van der Waals surface area contributed by atoms with Crippen molar-refractivity contribution < 1.29 is 0 Å². The molecule has 1 saturated heterocycles. The van der Waals surface area contributed by atoms with Crippen molar-refractivity contribution in [1.82, 2.24) is 15.2 Å². The molecule has 1 fully saturated rings. The number of aromatic nitrogens is 1. The van der Waals surface area contributed by atoms with Gasteiger partial charge >= 0.3 is 0 Å². The van der Waals surface area contributed by atoms with Gasteiger partial charge in [0.05, 0.1) is 4.99 Å². The number of aryl methyl sites for hydroxylation is 1. The lowest BCUT2D eigenvalue weighted by atomic mass is 9.73. The van der Waals surface area contributed by atoms with Crippen LogP contribution in [0.15, 0.2) is 18.2 Å². The second-order valence-electron chi connectivity index (χ2n) is 8.47. The van der Waals surface area contributed by atoms with Crippen LogP contribution in [0.2, 0.25) is 0 Å². The van der Waals surface area contributed by atoms with Crippen LogP contribution in [0.5, 0.6) is 0 Å². The highest BCUT2D eigenvalue weighted by Gasteiger charge is 2.41. The Hall–Kier alpha value is -1.39. The minimum atomic E-state index is 0.413. The summed E-state index contributed by atoms with van der Waals surface area (Å²) in [5, 5.41) is 5.18. The van der Waals surface area contributed by atoms with Gasteiger partial charge in [-0.1, -0.05) is 45.1 Å². The summed E-state index contributed by atoms with van der Waals surface area (Å²) in [6.45, 7) is 11.2. The zero-order valence-electron chi connectivity index (χ0n) is 16.4. The maximum atomic E-state index is 5.60. The highest BCUT2D eigenvalue weighted by molar-refractivity contribution is 7.80. The molecule has 2 heterocycles. The number of hydrogen-bond donors (Lipinski definition) is 2. The summed E-state index contributed by atoms with van der Waals surface area (Å²) in [5.41, 5.74) is 5.75. The minimum Gasteiger partial charge on any atom is -0.375 e. The van der Waals surface area contributed by atoms with E-state index in [1.165, 1.54) is 42.4 Å². The van der Waals surface area contributed by atoms with Crippen LogP contribution in [0.25, 0.3) is 10.9 Å². The predicted molar refractivity (Wildman–Crippen MR) is 114 cm³/mol. The molecule has 0 saturated carbocycles. The summed E-state index contributed by atoms with van der Waals surface area (Å²) >= 11 is 5.60. The van der Waals surface area contributed by atoms with Gasteiger partial charge in [-0.2, -0.15) is 0 Å². The van der Waals surface area contributed by atoms with Gasteiger partial charge in [-0.15, -0.1) is 0 Å². The van der Waals surface area contributed by atoms with Gasteiger partial charge in [0.15, 0.2) is 0 Å². The third-order valence-corrected chi connectivity index (χ3v) is 6.88. The van der Waals surface area contributed by atoms with E-state index in [9.17, 15) is 0 Å². The smallest absolute Gasteiger partial charge is 0.0781 e. The molecule has 0 amide bonds. The molecule has 2 N–H and O–H groups in total. The summed E-state index contributed by atoms with van der Waals surface area (Å²) in [6, 6.07) is 7.89. The molecule has 26 heavy (non-hydrogen) atoms. The molecule has 2 aliphatic rings. The number of benzene rings is 1. The summed E-state index contributed by atoms with van der Waals surface area (Å²) in [6.07, 6.45) is 3.56. The molecule has 3 nitrogen and oxygen atoms in total. The first-order chi connectivity index (χ1) is 12.5. The second kappa shape index (κ2) is 6.97. The van der Waals surface area contributed by atoms with E-state index in [1.54, 1.807) is 11.1 Å². The van der Waals surface area contributed by atoms with E-state index in [2.05, 4.69) is 61.1 Å². The number of H-pyrrole nitrogens is 1. The Balaban J connectivity index is 1.71. The van der Waals surface area contributed by atoms with Gasteiger partial charge in [0.2, 0.25) is 0 Å². The van der Waals surface area contributed by atoms with Crippen LogP contribution >= 0.6 is 12.2 Å². The lowest BCUT2D eigenvalue weighted by Crippen LogP contribution is -2.56. The molecule has 1 unspecified atom stereocenters. The average Bonchev–Trinajstić information content (AvgIpc) is 2.93. The topological polar surface area (TPSA) is 31.1 Å². The van der Waals surface area contributed by atoms with Gasteiger partial charge in [-0.25, -0.2) is 0 Å². The lowest BCUT2D eigenvalue weighted by molar-refractivity contribution is 0.104. The zero-order chi connectivity index (χ0) is 18.4. The summed E-state index contributed by atoms with van der Waals surface area (Å²) in [5.74, 6) is 1.00. The fourth-order valence-corrected chi connectivity index (χ4v) is 5.25. The van der Waals surface area contributed by atoms with Gasteiger partial charge < -0.3 is 10.3 Å². The van der Waals surface area contributed by atoms with Gasteiger partial charge in [-0.05, 0) is 49.9 Å². The molecule has 1 aliphatic heterocycles. The summed E-state index contributed by atoms with van der Waals surface area (Å²) < 4.78 is 0. The Bertz CT molecular complexity index is 822. The van der Waals surface area contributed by atoms with E-state index < -0.39 is 0 Å². The Morgan fingerprint density at radius 1 is 1.38 bits per heavy atom. The van der Waals surface area contributed by atoms with Crippen molar-refractivity contribution in [2.24, 2.45) is 5.92 Å². The van der Waals surface area contributed by atoms with Gasteiger partial charge in [0.1, 0.15) is 0 Å². The normalized spacial score (nSPS) is 25.5. The molecule has 4 heteroatoms. The number of piperidine rings is 1. The highest BCUT2D eigenvalue weighted by atomic mass is 32.1. The maximum absolute atomic E-state index is 5.60. The number of likely N-dealkylation sites (tertiary alicyclic amines) is 1.